The van der Waals surface area contributed by atoms with Gasteiger partial charge in [0, 0.05) is 37.3 Å². The normalized spacial score (nSPS) is 16.0. The van der Waals surface area contributed by atoms with Crippen LogP contribution in [0.2, 0.25) is 0 Å². The van der Waals surface area contributed by atoms with Crippen molar-refractivity contribution in [1.29, 1.82) is 0 Å². The van der Waals surface area contributed by atoms with E-state index in [0.717, 1.165) is 54.5 Å². The Morgan fingerprint density at radius 2 is 2.03 bits per heavy atom. The topological polar surface area (TPSA) is 73.4 Å². The minimum atomic E-state index is -0.118. The van der Waals surface area contributed by atoms with Crippen LogP contribution in [0.15, 0.2) is 71.9 Å². The van der Waals surface area contributed by atoms with Crippen molar-refractivity contribution in [3.63, 3.8) is 0 Å². The van der Waals surface area contributed by atoms with Crippen molar-refractivity contribution >= 4 is 29.1 Å². The third-order valence-electron chi connectivity index (χ3n) is 5.94. The fraction of sp³-hybridized carbons (Fsp3) is 0.269. The number of piperidine rings is 1. The Morgan fingerprint density at radius 1 is 1.25 bits per heavy atom. The second-order valence-electron chi connectivity index (χ2n) is 8.22. The van der Waals surface area contributed by atoms with Crippen molar-refractivity contribution in [1.82, 2.24) is 20.4 Å². The first kappa shape index (κ1) is 21.7. The lowest BCUT2D eigenvalue weighted by atomic mass is 10.0. The number of fused-ring (bicyclic) bond motifs is 1. The van der Waals surface area contributed by atoms with Crippen LogP contribution < -0.4 is 5.32 Å². The van der Waals surface area contributed by atoms with Crippen molar-refractivity contribution in [2.75, 3.05) is 13.1 Å². The number of aliphatic imine (C=N–C) groups is 1. The second-order valence-corrected chi connectivity index (χ2v) is 8.22. The molecule has 1 fully saturated rings. The van der Waals surface area contributed by atoms with Crippen molar-refractivity contribution in [2.45, 2.75) is 32.4 Å². The summed E-state index contributed by atoms with van der Waals surface area (Å²) < 4.78 is 0. The van der Waals surface area contributed by atoms with Crippen LogP contribution in [0.3, 0.4) is 0 Å². The highest BCUT2D eigenvalue weighted by atomic mass is 16.2. The molecule has 1 saturated heterocycles. The first-order chi connectivity index (χ1) is 15.6. The maximum Gasteiger partial charge on any atom is 0.272 e. The Bertz CT molecular complexity index is 1140. The van der Waals surface area contributed by atoms with Gasteiger partial charge in [-0.2, -0.15) is 5.10 Å². The molecule has 4 rings (SSSR count). The average Bonchev–Trinajstić information content (AvgIpc) is 3.24. The molecule has 164 valence electrons. The molecule has 0 spiro atoms. The number of hydrogen-bond acceptors (Lipinski definition) is 4. The van der Waals surface area contributed by atoms with Crippen LogP contribution in [0, 0.1) is 0 Å². The van der Waals surface area contributed by atoms with Gasteiger partial charge in [-0.1, -0.05) is 42.5 Å². The molecule has 0 bridgehead atoms. The van der Waals surface area contributed by atoms with Gasteiger partial charge in [-0.25, -0.2) is 0 Å². The molecule has 0 atom stereocenters. The molecular formula is C26H29N5O. The summed E-state index contributed by atoms with van der Waals surface area (Å²) >= 11 is 0. The smallest absolute Gasteiger partial charge is 0.272 e. The first-order valence-corrected chi connectivity index (χ1v) is 11.0. The third kappa shape index (κ3) is 5.21. The fourth-order valence-electron chi connectivity index (χ4n) is 4.11. The lowest BCUT2D eigenvalue weighted by Gasteiger charge is -2.32. The number of hydrogen-bond donors (Lipinski definition) is 2. The molecule has 2 N–H and O–H groups in total. The SMILES string of the molecule is C=N/C=C\C=C(/C)c1ccc2[nH]nc(C(=O)NC3CCN(Cc4ccccc4)CC3)c2c1. The van der Waals surface area contributed by atoms with Crippen LogP contribution in [-0.2, 0) is 6.54 Å². The van der Waals surface area contributed by atoms with Crippen molar-refractivity contribution in [3.05, 3.63) is 83.7 Å². The summed E-state index contributed by atoms with van der Waals surface area (Å²) in [6.07, 6.45) is 7.35. The summed E-state index contributed by atoms with van der Waals surface area (Å²) in [4.78, 5) is 19.2. The number of likely N-dealkylation sites (tertiary alicyclic amines) is 1. The molecule has 0 saturated carbocycles. The molecule has 3 aromatic rings. The minimum Gasteiger partial charge on any atom is -0.348 e. The van der Waals surface area contributed by atoms with Crippen LogP contribution in [0.4, 0.5) is 0 Å². The number of allylic oxidation sites excluding steroid dienone is 3. The number of carbonyl (C=O) groups is 1. The average molecular weight is 428 g/mol. The van der Waals surface area contributed by atoms with Gasteiger partial charge in [0.1, 0.15) is 0 Å². The highest BCUT2D eigenvalue weighted by molar-refractivity contribution is 6.05. The number of amides is 1. The molecular weight excluding hydrogens is 398 g/mol. The number of nitrogens with zero attached hydrogens (tertiary/aromatic N) is 3. The molecule has 0 aliphatic carbocycles. The van der Waals surface area contributed by atoms with Crippen LogP contribution >= 0.6 is 0 Å². The van der Waals surface area contributed by atoms with E-state index < -0.39 is 0 Å². The van der Waals surface area contributed by atoms with Gasteiger partial charge >= 0.3 is 0 Å². The van der Waals surface area contributed by atoms with Gasteiger partial charge in [-0.05, 0) is 61.4 Å². The van der Waals surface area contributed by atoms with Gasteiger partial charge in [0.05, 0.1) is 5.52 Å². The van der Waals surface area contributed by atoms with Gasteiger partial charge in [0.25, 0.3) is 5.91 Å². The van der Waals surface area contributed by atoms with Crippen molar-refractivity contribution in [2.24, 2.45) is 4.99 Å². The molecule has 32 heavy (non-hydrogen) atoms. The summed E-state index contributed by atoms with van der Waals surface area (Å²) in [5, 5.41) is 11.3. The third-order valence-corrected chi connectivity index (χ3v) is 5.94. The van der Waals surface area contributed by atoms with E-state index in [1.807, 2.05) is 43.3 Å². The standard InChI is InChI=1S/C26H29N5O/c1-19(7-6-14-27-2)21-10-11-24-23(17-21)25(30-29-24)26(32)28-22-12-15-31(16-13-22)18-20-8-4-3-5-9-20/h3-11,14,17,22H,2,12-13,15-16,18H2,1H3,(H,28,32)(H,29,30)/b14-6-,19-7+. The van der Waals surface area contributed by atoms with E-state index in [1.54, 1.807) is 6.20 Å². The molecule has 1 aliphatic heterocycles. The lowest BCUT2D eigenvalue weighted by molar-refractivity contribution is 0.0905. The van der Waals surface area contributed by atoms with Crippen molar-refractivity contribution < 1.29 is 4.79 Å². The number of H-pyrrole nitrogens is 1. The number of rotatable bonds is 7. The maximum atomic E-state index is 13.0. The molecule has 6 heteroatoms. The summed E-state index contributed by atoms with van der Waals surface area (Å²) in [6.45, 7) is 8.37. The van der Waals surface area contributed by atoms with Gasteiger partial charge in [-0.15, -0.1) is 0 Å². The number of aromatic amines is 1. The summed E-state index contributed by atoms with van der Waals surface area (Å²) in [6, 6.07) is 16.7. The number of benzene rings is 2. The van der Waals surface area contributed by atoms with Crippen LogP contribution in [0.1, 0.15) is 41.4 Å². The Balaban J connectivity index is 1.39. The van der Waals surface area contributed by atoms with Gasteiger partial charge in [-0.3, -0.25) is 19.8 Å². The number of carbonyl (C=O) groups excluding carboxylic acids is 1. The predicted molar refractivity (Wildman–Crippen MR) is 131 cm³/mol. The van der Waals surface area contributed by atoms with E-state index in [-0.39, 0.29) is 11.9 Å². The second kappa shape index (κ2) is 10.2. The van der Waals surface area contributed by atoms with E-state index in [9.17, 15) is 4.79 Å². The largest absolute Gasteiger partial charge is 0.348 e. The molecule has 2 heterocycles. The van der Waals surface area contributed by atoms with Crippen LogP contribution in [0.5, 0.6) is 0 Å². The highest BCUT2D eigenvalue weighted by Crippen LogP contribution is 2.23. The number of nitrogens with one attached hydrogen (secondary N) is 2. The molecule has 2 aromatic carbocycles. The van der Waals surface area contributed by atoms with E-state index in [0.29, 0.717) is 5.69 Å². The summed E-state index contributed by atoms with van der Waals surface area (Å²) in [5.74, 6) is -0.118. The van der Waals surface area contributed by atoms with Crippen LogP contribution in [-0.4, -0.2) is 46.9 Å². The molecule has 1 aromatic heterocycles. The lowest BCUT2D eigenvalue weighted by Crippen LogP contribution is -2.44. The minimum absolute atomic E-state index is 0.118. The molecule has 0 radical (unpaired) electrons. The molecule has 6 nitrogen and oxygen atoms in total. The molecule has 1 aliphatic rings. The van der Waals surface area contributed by atoms with E-state index in [2.05, 4.69) is 56.4 Å². The van der Waals surface area contributed by atoms with E-state index in [4.69, 9.17) is 0 Å². The zero-order valence-electron chi connectivity index (χ0n) is 18.4. The summed E-state index contributed by atoms with van der Waals surface area (Å²) in [5.41, 5.74) is 4.74. The highest BCUT2D eigenvalue weighted by Gasteiger charge is 2.23. The maximum absolute atomic E-state index is 13.0. The number of aromatic nitrogens is 2. The summed E-state index contributed by atoms with van der Waals surface area (Å²) in [7, 11) is 0. The zero-order chi connectivity index (χ0) is 22.3. The molecule has 1 amide bonds. The Morgan fingerprint density at radius 3 is 2.78 bits per heavy atom. The predicted octanol–water partition coefficient (Wildman–Crippen LogP) is 4.57. The van der Waals surface area contributed by atoms with Gasteiger partial charge < -0.3 is 5.32 Å². The van der Waals surface area contributed by atoms with E-state index in [1.165, 1.54) is 5.56 Å². The Kier molecular flexibility index (Phi) is 6.92. The van der Waals surface area contributed by atoms with Crippen molar-refractivity contribution in [3.8, 4) is 0 Å². The fourth-order valence-corrected chi connectivity index (χ4v) is 4.11. The quantitative estimate of drug-likeness (QED) is 0.428. The van der Waals surface area contributed by atoms with Gasteiger partial charge in [0.15, 0.2) is 5.69 Å². The Labute approximate surface area is 188 Å². The van der Waals surface area contributed by atoms with Crippen LogP contribution in [0.25, 0.3) is 16.5 Å². The first-order valence-electron chi connectivity index (χ1n) is 11.0. The monoisotopic (exact) mass is 427 g/mol. The van der Waals surface area contributed by atoms with E-state index >= 15 is 0 Å². The Hall–Kier alpha value is -3.51. The zero-order valence-corrected chi connectivity index (χ0v) is 18.4. The molecule has 0 unspecified atom stereocenters. The van der Waals surface area contributed by atoms with Gasteiger partial charge in [0.2, 0.25) is 0 Å².